The minimum atomic E-state index is -0.202. The van der Waals surface area contributed by atoms with Crippen molar-refractivity contribution >= 4 is 23.2 Å². The molecule has 1 N–H and O–H groups in total. The molecule has 0 amide bonds. The minimum absolute atomic E-state index is 0.0843. The third-order valence-corrected chi connectivity index (χ3v) is 3.34. The van der Waals surface area contributed by atoms with E-state index >= 15 is 0 Å². The van der Waals surface area contributed by atoms with Crippen LogP contribution < -0.4 is 5.32 Å². The van der Waals surface area contributed by atoms with Gasteiger partial charge in [-0.2, -0.15) is 0 Å². The number of hydrogen-bond acceptors (Lipinski definition) is 1. The number of hydrogen-bond donors (Lipinski definition) is 1. The average molecular weight is 298 g/mol. The van der Waals surface area contributed by atoms with Gasteiger partial charge in [0.05, 0.1) is 0 Å². The lowest BCUT2D eigenvalue weighted by Gasteiger charge is -2.15. The largest absolute Gasteiger partial charge is 0.306 e. The first-order chi connectivity index (χ1) is 9.06. The number of rotatable bonds is 4. The molecule has 0 aliphatic heterocycles. The summed E-state index contributed by atoms with van der Waals surface area (Å²) in [6.45, 7) is 2.50. The minimum Gasteiger partial charge on any atom is -0.306 e. The van der Waals surface area contributed by atoms with Crippen molar-refractivity contribution in [2.24, 2.45) is 0 Å². The van der Waals surface area contributed by atoms with Crippen molar-refractivity contribution in [2.45, 2.75) is 19.5 Å². The summed E-state index contributed by atoms with van der Waals surface area (Å²) in [5, 5.41) is 4.45. The van der Waals surface area contributed by atoms with Gasteiger partial charge in [0.1, 0.15) is 5.82 Å². The second-order valence-electron chi connectivity index (χ2n) is 4.40. The number of nitrogens with one attached hydrogen (secondary N) is 1. The molecule has 0 fully saturated rings. The molecule has 0 aliphatic rings. The molecular weight excluding hydrogens is 284 g/mol. The van der Waals surface area contributed by atoms with Gasteiger partial charge in [0.2, 0.25) is 0 Å². The molecule has 2 aromatic carbocycles. The van der Waals surface area contributed by atoms with E-state index in [1.807, 2.05) is 25.1 Å². The molecule has 0 heterocycles. The van der Waals surface area contributed by atoms with Crippen molar-refractivity contribution in [3.63, 3.8) is 0 Å². The highest BCUT2D eigenvalue weighted by atomic mass is 35.5. The Morgan fingerprint density at radius 1 is 1.11 bits per heavy atom. The Morgan fingerprint density at radius 2 is 1.74 bits per heavy atom. The highest BCUT2D eigenvalue weighted by Gasteiger charge is 2.09. The Morgan fingerprint density at radius 3 is 2.37 bits per heavy atom. The first-order valence-electron chi connectivity index (χ1n) is 5.99. The summed E-state index contributed by atoms with van der Waals surface area (Å²) in [4.78, 5) is 0. The van der Waals surface area contributed by atoms with Crippen molar-refractivity contribution < 1.29 is 4.39 Å². The van der Waals surface area contributed by atoms with E-state index in [9.17, 15) is 4.39 Å². The molecule has 0 saturated heterocycles. The molecule has 0 aliphatic carbocycles. The van der Waals surface area contributed by atoms with Gasteiger partial charge in [-0.3, -0.25) is 0 Å². The fourth-order valence-corrected chi connectivity index (χ4v) is 2.49. The van der Waals surface area contributed by atoms with E-state index in [1.165, 1.54) is 6.07 Å². The van der Waals surface area contributed by atoms with Gasteiger partial charge in [-0.05, 0) is 36.8 Å². The smallest absolute Gasteiger partial charge is 0.127 e. The van der Waals surface area contributed by atoms with E-state index in [2.05, 4.69) is 5.32 Å². The summed E-state index contributed by atoms with van der Waals surface area (Å²) >= 11 is 11.9. The molecule has 0 aromatic heterocycles. The normalized spacial score (nSPS) is 12.4. The van der Waals surface area contributed by atoms with Crippen LogP contribution in [0, 0.1) is 5.82 Å². The standard InChI is InChI=1S/C15H14Cl2FN/c1-10(14-4-2-3-5-15(14)18)19-9-11-6-12(16)8-13(17)7-11/h2-8,10,19H,9H2,1H3. The molecule has 0 saturated carbocycles. The van der Waals surface area contributed by atoms with Gasteiger partial charge in [0, 0.05) is 28.2 Å². The van der Waals surface area contributed by atoms with Crippen molar-refractivity contribution in [1.82, 2.24) is 5.32 Å². The zero-order chi connectivity index (χ0) is 13.8. The second kappa shape index (κ2) is 6.38. The molecule has 1 nitrogen and oxygen atoms in total. The van der Waals surface area contributed by atoms with Crippen molar-refractivity contribution in [2.75, 3.05) is 0 Å². The van der Waals surface area contributed by atoms with Crippen LogP contribution in [-0.4, -0.2) is 0 Å². The van der Waals surface area contributed by atoms with Crippen LogP contribution in [0.25, 0.3) is 0 Å². The molecule has 0 bridgehead atoms. The van der Waals surface area contributed by atoms with Crippen LogP contribution in [0.5, 0.6) is 0 Å². The van der Waals surface area contributed by atoms with Gasteiger partial charge in [-0.1, -0.05) is 41.4 Å². The SMILES string of the molecule is CC(NCc1cc(Cl)cc(Cl)c1)c1ccccc1F. The molecule has 0 spiro atoms. The van der Waals surface area contributed by atoms with Gasteiger partial charge >= 0.3 is 0 Å². The quantitative estimate of drug-likeness (QED) is 0.839. The molecule has 0 radical (unpaired) electrons. The van der Waals surface area contributed by atoms with Crippen LogP contribution in [0.2, 0.25) is 10.0 Å². The zero-order valence-corrected chi connectivity index (χ0v) is 12.0. The average Bonchev–Trinajstić information content (AvgIpc) is 2.35. The van der Waals surface area contributed by atoms with Crippen molar-refractivity contribution in [1.29, 1.82) is 0 Å². The van der Waals surface area contributed by atoms with Crippen LogP contribution in [0.1, 0.15) is 24.1 Å². The lowest BCUT2D eigenvalue weighted by molar-refractivity contribution is 0.528. The van der Waals surface area contributed by atoms with E-state index < -0.39 is 0 Å². The Labute approximate surface area is 122 Å². The maximum absolute atomic E-state index is 13.6. The Balaban J connectivity index is 2.04. The molecule has 2 aromatic rings. The maximum Gasteiger partial charge on any atom is 0.127 e. The van der Waals surface area contributed by atoms with Gasteiger partial charge < -0.3 is 5.32 Å². The molecular formula is C15H14Cl2FN. The topological polar surface area (TPSA) is 12.0 Å². The summed E-state index contributed by atoms with van der Waals surface area (Å²) in [6, 6.07) is 12.0. The Bertz CT molecular complexity index is 552. The zero-order valence-electron chi connectivity index (χ0n) is 10.5. The van der Waals surface area contributed by atoms with Crippen molar-refractivity contribution in [3.05, 3.63) is 69.5 Å². The lowest BCUT2D eigenvalue weighted by Crippen LogP contribution is -2.19. The van der Waals surface area contributed by atoms with E-state index in [0.29, 0.717) is 22.2 Å². The Hall–Kier alpha value is -1.09. The maximum atomic E-state index is 13.6. The highest BCUT2D eigenvalue weighted by molar-refractivity contribution is 6.34. The van der Waals surface area contributed by atoms with Crippen molar-refractivity contribution in [3.8, 4) is 0 Å². The predicted molar refractivity (Wildman–Crippen MR) is 78.1 cm³/mol. The van der Waals surface area contributed by atoms with Gasteiger partial charge in [0.25, 0.3) is 0 Å². The fourth-order valence-electron chi connectivity index (χ4n) is 1.92. The Kier molecular flexibility index (Phi) is 4.81. The number of halogens is 3. The molecule has 1 unspecified atom stereocenters. The van der Waals surface area contributed by atoms with E-state index in [4.69, 9.17) is 23.2 Å². The van der Waals surface area contributed by atoms with Crippen LogP contribution >= 0.6 is 23.2 Å². The van der Waals surface area contributed by atoms with Crippen LogP contribution in [0.4, 0.5) is 4.39 Å². The first kappa shape index (κ1) is 14.3. The van der Waals surface area contributed by atoms with Gasteiger partial charge in [0.15, 0.2) is 0 Å². The summed E-state index contributed by atoms with van der Waals surface area (Å²) in [6.07, 6.45) is 0. The van der Waals surface area contributed by atoms with Gasteiger partial charge in [-0.25, -0.2) is 4.39 Å². The molecule has 4 heteroatoms. The summed E-state index contributed by atoms with van der Waals surface area (Å²) in [5.74, 6) is -0.202. The molecule has 1 atom stereocenters. The van der Waals surface area contributed by atoms with E-state index in [0.717, 1.165) is 5.56 Å². The molecule has 19 heavy (non-hydrogen) atoms. The van der Waals surface area contributed by atoms with Crippen LogP contribution in [-0.2, 0) is 6.54 Å². The third-order valence-electron chi connectivity index (χ3n) is 2.91. The summed E-state index contributed by atoms with van der Waals surface area (Å²) in [5.41, 5.74) is 1.62. The van der Waals surface area contributed by atoms with Gasteiger partial charge in [-0.15, -0.1) is 0 Å². The summed E-state index contributed by atoms with van der Waals surface area (Å²) < 4.78 is 13.6. The van der Waals surface area contributed by atoms with Crippen LogP contribution in [0.15, 0.2) is 42.5 Å². The fraction of sp³-hybridized carbons (Fsp3) is 0.200. The van der Waals surface area contributed by atoms with E-state index in [-0.39, 0.29) is 11.9 Å². The number of benzene rings is 2. The third kappa shape index (κ3) is 3.93. The lowest BCUT2D eigenvalue weighted by atomic mass is 10.1. The highest BCUT2D eigenvalue weighted by Crippen LogP contribution is 2.20. The summed E-state index contributed by atoms with van der Waals surface area (Å²) in [7, 11) is 0. The second-order valence-corrected chi connectivity index (χ2v) is 5.27. The predicted octanol–water partition coefficient (Wildman–Crippen LogP) is 4.98. The van der Waals surface area contributed by atoms with E-state index in [1.54, 1.807) is 18.2 Å². The first-order valence-corrected chi connectivity index (χ1v) is 6.74. The van der Waals surface area contributed by atoms with Crippen LogP contribution in [0.3, 0.4) is 0 Å². The molecule has 2 rings (SSSR count). The molecule has 100 valence electrons. The monoisotopic (exact) mass is 297 g/mol.